The Balaban J connectivity index is 1.51. The Morgan fingerprint density at radius 1 is 0.821 bits per heavy atom. The van der Waals surface area contributed by atoms with Gasteiger partial charge in [-0.1, -0.05) is 24.3 Å². The monoisotopic (exact) mass is 374 g/mol. The third-order valence-corrected chi connectivity index (χ3v) is 5.19. The molecular formula is C23H26N4O. The molecular weight excluding hydrogens is 348 g/mol. The molecule has 28 heavy (non-hydrogen) atoms. The lowest BCUT2D eigenvalue weighted by Gasteiger charge is -2.36. The van der Waals surface area contributed by atoms with E-state index in [2.05, 4.69) is 42.0 Å². The van der Waals surface area contributed by atoms with Gasteiger partial charge in [0, 0.05) is 31.9 Å². The summed E-state index contributed by atoms with van der Waals surface area (Å²) in [4.78, 5) is 17.5. The maximum atomic E-state index is 13.2. The summed E-state index contributed by atoms with van der Waals surface area (Å²) in [5.74, 6) is 0.0459. The van der Waals surface area contributed by atoms with Gasteiger partial charge in [0.2, 0.25) is 0 Å². The van der Waals surface area contributed by atoms with E-state index in [1.807, 2.05) is 48.2 Å². The summed E-state index contributed by atoms with van der Waals surface area (Å²) in [6.45, 7) is 9.29. The molecule has 0 radical (unpaired) electrons. The van der Waals surface area contributed by atoms with Crippen molar-refractivity contribution in [2.75, 3.05) is 31.1 Å². The molecule has 2 aromatic carbocycles. The Bertz CT molecular complexity index is 965. The van der Waals surface area contributed by atoms with Crippen molar-refractivity contribution < 1.29 is 4.79 Å². The highest BCUT2D eigenvalue weighted by molar-refractivity contribution is 5.93. The van der Waals surface area contributed by atoms with E-state index in [0.717, 1.165) is 24.5 Å². The second kappa shape index (κ2) is 7.50. The first-order valence-electron chi connectivity index (χ1n) is 9.76. The van der Waals surface area contributed by atoms with Crippen molar-refractivity contribution in [2.24, 2.45) is 0 Å². The molecule has 0 N–H and O–H groups in total. The number of rotatable bonds is 3. The molecule has 0 aliphatic carbocycles. The van der Waals surface area contributed by atoms with E-state index < -0.39 is 0 Å². The summed E-state index contributed by atoms with van der Waals surface area (Å²) in [5.41, 5.74) is 6.18. The van der Waals surface area contributed by atoms with E-state index >= 15 is 0 Å². The molecule has 1 saturated heterocycles. The van der Waals surface area contributed by atoms with Crippen molar-refractivity contribution >= 4 is 11.6 Å². The van der Waals surface area contributed by atoms with Crippen LogP contribution in [0.5, 0.6) is 0 Å². The van der Waals surface area contributed by atoms with Gasteiger partial charge in [0.25, 0.3) is 5.91 Å². The lowest BCUT2D eigenvalue weighted by Crippen LogP contribution is -2.49. The minimum atomic E-state index is 0.0459. The largest absolute Gasteiger partial charge is 0.368 e. The fourth-order valence-corrected chi connectivity index (χ4v) is 3.88. The normalized spacial score (nSPS) is 14.4. The van der Waals surface area contributed by atoms with Gasteiger partial charge in [0.15, 0.2) is 0 Å². The number of para-hydroxylation sites is 1. The van der Waals surface area contributed by atoms with Gasteiger partial charge in [0.1, 0.15) is 5.69 Å². The minimum absolute atomic E-state index is 0.0459. The van der Waals surface area contributed by atoms with Gasteiger partial charge in [-0.2, -0.15) is 5.10 Å². The lowest BCUT2D eigenvalue weighted by molar-refractivity contribution is 0.0737. The van der Waals surface area contributed by atoms with Crippen LogP contribution in [0, 0.1) is 20.8 Å². The predicted molar refractivity (Wildman–Crippen MR) is 112 cm³/mol. The highest BCUT2D eigenvalue weighted by Crippen LogP contribution is 2.21. The molecule has 4 rings (SSSR count). The van der Waals surface area contributed by atoms with Crippen molar-refractivity contribution in [3.8, 4) is 5.69 Å². The van der Waals surface area contributed by atoms with E-state index in [0.29, 0.717) is 18.8 Å². The Labute approximate surface area is 166 Å². The van der Waals surface area contributed by atoms with Crippen LogP contribution >= 0.6 is 0 Å². The van der Waals surface area contributed by atoms with Crippen LogP contribution in [0.1, 0.15) is 27.3 Å². The van der Waals surface area contributed by atoms with Gasteiger partial charge in [-0.15, -0.1) is 0 Å². The maximum Gasteiger partial charge on any atom is 0.272 e. The van der Waals surface area contributed by atoms with Crippen molar-refractivity contribution in [3.63, 3.8) is 0 Å². The topological polar surface area (TPSA) is 41.4 Å². The molecule has 0 bridgehead atoms. The first-order chi connectivity index (χ1) is 13.5. The summed E-state index contributed by atoms with van der Waals surface area (Å²) >= 11 is 0. The molecule has 0 atom stereocenters. The third-order valence-electron chi connectivity index (χ3n) is 5.19. The zero-order valence-electron chi connectivity index (χ0n) is 16.7. The Hall–Kier alpha value is -3.08. The summed E-state index contributed by atoms with van der Waals surface area (Å²) < 4.78 is 1.76. The Morgan fingerprint density at radius 2 is 1.46 bits per heavy atom. The molecule has 5 nitrogen and oxygen atoms in total. The summed E-state index contributed by atoms with van der Waals surface area (Å²) in [6.07, 6.45) is 0. The summed E-state index contributed by atoms with van der Waals surface area (Å²) in [5, 5.41) is 4.54. The van der Waals surface area contributed by atoms with Crippen molar-refractivity contribution in [1.82, 2.24) is 14.7 Å². The van der Waals surface area contributed by atoms with Crippen LogP contribution in [0.15, 0.2) is 54.6 Å². The van der Waals surface area contributed by atoms with Gasteiger partial charge in [-0.25, -0.2) is 4.68 Å². The quantitative estimate of drug-likeness (QED) is 0.701. The van der Waals surface area contributed by atoms with Crippen LogP contribution in [0.25, 0.3) is 5.69 Å². The third kappa shape index (κ3) is 3.65. The van der Waals surface area contributed by atoms with Gasteiger partial charge >= 0.3 is 0 Å². The molecule has 5 heteroatoms. The average molecular weight is 374 g/mol. The number of aryl methyl sites for hydroxylation is 3. The summed E-state index contributed by atoms with van der Waals surface area (Å²) in [6, 6.07) is 18.3. The summed E-state index contributed by atoms with van der Waals surface area (Å²) in [7, 11) is 0. The van der Waals surface area contributed by atoms with E-state index in [1.165, 1.54) is 16.8 Å². The highest BCUT2D eigenvalue weighted by atomic mass is 16.2. The first-order valence-corrected chi connectivity index (χ1v) is 9.76. The van der Waals surface area contributed by atoms with Crippen LogP contribution < -0.4 is 4.90 Å². The fraction of sp³-hybridized carbons (Fsp3) is 0.304. The molecule has 1 aromatic heterocycles. The molecule has 1 aliphatic rings. The number of benzene rings is 2. The van der Waals surface area contributed by atoms with Gasteiger partial charge in [-0.05, 0) is 62.2 Å². The van der Waals surface area contributed by atoms with Crippen LogP contribution in [-0.2, 0) is 0 Å². The van der Waals surface area contributed by atoms with Gasteiger partial charge < -0.3 is 9.80 Å². The van der Waals surface area contributed by atoms with Crippen LogP contribution in [-0.4, -0.2) is 46.8 Å². The zero-order valence-corrected chi connectivity index (χ0v) is 16.7. The van der Waals surface area contributed by atoms with E-state index in [4.69, 9.17) is 0 Å². The maximum absolute atomic E-state index is 13.2. The number of hydrogen-bond acceptors (Lipinski definition) is 3. The lowest BCUT2D eigenvalue weighted by atomic mass is 10.1. The van der Waals surface area contributed by atoms with Crippen LogP contribution in [0.2, 0.25) is 0 Å². The molecule has 0 spiro atoms. The van der Waals surface area contributed by atoms with Gasteiger partial charge in [0.05, 0.1) is 11.4 Å². The molecule has 0 saturated carbocycles. The number of hydrogen-bond donors (Lipinski definition) is 0. The number of anilines is 1. The SMILES string of the molecule is Cc1cc(C)cc(N2CCN(C(=O)c3cc(C)nn3-c3ccccc3)CC2)c1. The zero-order chi connectivity index (χ0) is 19.7. The smallest absolute Gasteiger partial charge is 0.272 e. The second-order valence-corrected chi connectivity index (χ2v) is 7.54. The predicted octanol–water partition coefficient (Wildman–Crippen LogP) is 3.76. The molecule has 3 aromatic rings. The molecule has 1 amide bonds. The second-order valence-electron chi connectivity index (χ2n) is 7.54. The van der Waals surface area contributed by atoms with E-state index in [1.54, 1.807) is 4.68 Å². The number of carbonyl (C=O) groups excluding carboxylic acids is 1. The number of carbonyl (C=O) groups is 1. The molecule has 1 fully saturated rings. The van der Waals surface area contributed by atoms with Crippen molar-refractivity contribution in [1.29, 1.82) is 0 Å². The average Bonchev–Trinajstić information content (AvgIpc) is 3.09. The number of nitrogens with zero attached hydrogens (tertiary/aromatic N) is 4. The molecule has 2 heterocycles. The Morgan fingerprint density at radius 3 is 2.11 bits per heavy atom. The van der Waals surface area contributed by atoms with E-state index in [9.17, 15) is 4.79 Å². The van der Waals surface area contributed by atoms with Crippen molar-refractivity contribution in [3.05, 3.63) is 77.1 Å². The number of piperazine rings is 1. The van der Waals surface area contributed by atoms with Gasteiger partial charge in [-0.3, -0.25) is 4.79 Å². The number of aromatic nitrogens is 2. The molecule has 1 aliphatic heterocycles. The molecule has 0 unspecified atom stereocenters. The fourth-order valence-electron chi connectivity index (χ4n) is 3.88. The standard InChI is InChI=1S/C23H26N4O/c1-17-13-18(2)15-21(14-17)25-9-11-26(12-10-25)23(28)22-16-19(3)24-27(22)20-7-5-4-6-8-20/h4-8,13-16H,9-12H2,1-3H3. The minimum Gasteiger partial charge on any atom is -0.368 e. The van der Waals surface area contributed by atoms with Crippen molar-refractivity contribution in [2.45, 2.75) is 20.8 Å². The molecule has 144 valence electrons. The highest BCUT2D eigenvalue weighted by Gasteiger charge is 2.25. The first kappa shape index (κ1) is 18.3. The number of amides is 1. The van der Waals surface area contributed by atoms with E-state index in [-0.39, 0.29) is 5.91 Å². The Kier molecular flexibility index (Phi) is 4.90. The van der Waals surface area contributed by atoms with Crippen LogP contribution in [0.3, 0.4) is 0 Å². The van der Waals surface area contributed by atoms with Crippen LogP contribution in [0.4, 0.5) is 5.69 Å².